The average molecular weight is 418 g/mol. The van der Waals surface area contributed by atoms with Gasteiger partial charge in [0.1, 0.15) is 5.75 Å². The Balaban J connectivity index is 1.96. The summed E-state index contributed by atoms with van der Waals surface area (Å²) in [4.78, 5) is 1.96. The number of nitrogens with zero attached hydrogens (tertiary/aromatic N) is 1. The van der Waals surface area contributed by atoms with Crippen molar-refractivity contribution in [3.8, 4) is 5.75 Å². The van der Waals surface area contributed by atoms with Crippen LogP contribution >= 0.6 is 15.9 Å². The number of alkyl halides is 4. The molecule has 2 aromatic rings. The van der Waals surface area contributed by atoms with Gasteiger partial charge in [0, 0.05) is 22.8 Å². The van der Waals surface area contributed by atoms with Gasteiger partial charge in [-0.2, -0.15) is 17.6 Å². The van der Waals surface area contributed by atoms with Crippen molar-refractivity contribution in [2.75, 3.05) is 11.9 Å². The molecule has 0 spiro atoms. The van der Waals surface area contributed by atoms with Crippen LogP contribution in [0.25, 0.3) is 0 Å². The fraction of sp³-hybridized carbons (Fsp3) is 0.333. The van der Waals surface area contributed by atoms with Crippen LogP contribution in [0.1, 0.15) is 23.6 Å². The molecule has 1 aliphatic heterocycles. The summed E-state index contributed by atoms with van der Waals surface area (Å²) in [6, 6.07) is 11.7. The molecule has 0 aromatic heterocycles. The Bertz CT molecular complexity index is 768. The van der Waals surface area contributed by atoms with Crippen LogP contribution in [0.5, 0.6) is 5.75 Å². The minimum Gasteiger partial charge on any atom is -0.428 e. The molecule has 0 saturated heterocycles. The zero-order valence-corrected chi connectivity index (χ0v) is 14.9. The number of hydrogen-bond donors (Lipinski definition) is 0. The summed E-state index contributed by atoms with van der Waals surface area (Å²) < 4.78 is 57.1. The number of halogens is 5. The smallest absolute Gasteiger partial charge is 0.428 e. The first-order valence-electron chi connectivity index (χ1n) is 7.75. The highest BCUT2D eigenvalue weighted by Gasteiger charge is 2.44. The fourth-order valence-corrected chi connectivity index (χ4v) is 3.73. The van der Waals surface area contributed by atoms with Gasteiger partial charge < -0.3 is 9.64 Å². The molecule has 2 aromatic carbocycles. The minimum absolute atomic E-state index is 0.219. The summed E-state index contributed by atoms with van der Waals surface area (Å²) in [6.07, 6.45) is -7.01. The van der Waals surface area contributed by atoms with E-state index in [0.717, 1.165) is 22.1 Å². The molecule has 25 heavy (non-hydrogen) atoms. The van der Waals surface area contributed by atoms with Crippen molar-refractivity contribution in [3.05, 3.63) is 58.1 Å². The van der Waals surface area contributed by atoms with Gasteiger partial charge in [-0.15, -0.1) is 0 Å². The van der Waals surface area contributed by atoms with Gasteiger partial charge in [0.05, 0.1) is 6.04 Å². The van der Waals surface area contributed by atoms with E-state index >= 15 is 0 Å². The maximum absolute atomic E-state index is 13.4. The Labute approximate surface area is 151 Å². The van der Waals surface area contributed by atoms with Gasteiger partial charge >= 0.3 is 12.5 Å². The first kappa shape index (κ1) is 18.0. The van der Waals surface area contributed by atoms with Gasteiger partial charge in [-0.25, -0.2) is 0 Å². The molecule has 2 nitrogen and oxygen atoms in total. The van der Waals surface area contributed by atoms with Crippen molar-refractivity contribution < 1.29 is 22.3 Å². The highest BCUT2D eigenvalue weighted by atomic mass is 79.9. The standard InChI is InChI=1S/C18H16BrF4NO/c1-24-14-7-4-6-13(19)11(14)9-10-15(24)12-5-2-3-8-16(12)25-18(22,23)17(20)21/h2-8,15,17H,9-10H2,1H3. The second kappa shape index (κ2) is 6.86. The second-order valence-electron chi connectivity index (χ2n) is 5.91. The van der Waals surface area contributed by atoms with Crippen LogP contribution in [0, 0.1) is 0 Å². The Morgan fingerprint density at radius 1 is 1.16 bits per heavy atom. The maximum atomic E-state index is 13.4. The topological polar surface area (TPSA) is 12.5 Å². The van der Waals surface area contributed by atoms with E-state index in [9.17, 15) is 17.6 Å². The van der Waals surface area contributed by atoms with E-state index in [2.05, 4.69) is 20.7 Å². The third-order valence-electron chi connectivity index (χ3n) is 4.39. The normalized spacial score (nSPS) is 17.6. The van der Waals surface area contributed by atoms with Crippen LogP contribution in [0.15, 0.2) is 46.9 Å². The van der Waals surface area contributed by atoms with E-state index in [1.807, 2.05) is 30.1 Å². The molecule has 0 bridgehead atoms. The van der Waals surface area contributed by atoms with Gasteiger partial charge in [0.15, 0.2) is 0 Å². The number of rotatable bonds is 4. The highest BCUT2D eigenvalue weighted by Crippen LogP contribution is 2.43. The zero-order chi connectivity index (χ0) is 18.2. The molecule has 0 aliphatic carbocycles. The molecule has 134 valence electrons. The fourth-order valence-electron chi connectivity index (χ4n) is 3.17. The minimum atomic E-state index is -4.52. The molecule has 0 N–H and O–H groups in total. The SMILES string of the molecule is CN1c2cccc(Br)c2CCC1c1ccccc1OC(F)(F)C(F)F. The number of ether oxygens (including phenoxy) is 1. The van der Waals surface area contributed by atoms with E-state index in [-0.39, 0.29) is 11.8 Å². The number of benzene rings is 2. The number of anilines is 1. The average Bonchev–Trinajstić information content (AvgIpc) is 2.56. The van der Waals surface area contributed by atoms with E-state index in [1.54, 1.807) is 12.1 Å². The Hall–Kier alpha value is -1.76. The second-order valence-corrected chi connectivity index (χ2v) is 6.76. The number of para-hydroxylation sites is 1. The number of hydrogen-bond acceptors (Lipinski definition) is 2. The van der Waals surface area contributed by atoms with Crippen LogP contribution in [0.4, 0.5) is 23.2 Å². The predicted octanol–water partition coefficient (Wildman–Crippen LogP) is 5.81. The van der Waals surface area contributed by atoms with Crippen LogP contribution < -0.4 is 9.64 Å². The van der Waals surface area contributed by atoms with Gasteiger partial charge in [-0.1, -0.05) is 40.2 Å². The van der Waals surface area contributed by atoms with Gasteiger partial charge in [-0.05, 0) is 36.6 Å². The summed E-state index contributed by atoms with van der Waals surface area (Å²) in [5, 5.41) is 0. The molecule has 0 fully saturated rings. The van der Waals surface area contributed by atoms with Gasteiger partial charge in [0.2, 0.25) is 0 Å². The van der Waals surface area contributed by atoms with Crippen molar-refractivity contribution in [2.24, 2.45) is 0 Å². The van der Waals surface area contributed by atoms with Crippen LogP contribution in [0.2, 0.25) is 0 Å². The van der Waals surface area contributed by atoms with E-state index in [0.29, 0.717) is 12.0 Å². The summed E-state index contributed by atoms with van der Waals surface area (Å²) in [7, 11) is 1.86. The summed E-state index contributed by atoms with van der Waals surface area (Å²) in [5.74, 6) is -0.219. The molecule has 1 atom stereocenters. The lowest BCUT2D eigenvalue weighted by Gasteiger charge is -2.37. The van der Waals surface area contributed by atoms with Crippen molar-refractivity contribution in [3.63, 3.8) is 0 Å². The highest BCUT2D eigenvalue weighted by molar-refractivity contribution is 9.10. The van der Waals surface area contributed by atoms with Crippen molar-refractivity contribution in [2.45, 2.75) is 31.4 Å². The first-order valence-corrected chi connectivity index (χ1v) is 8.54. The third kappa shape index (κ3) is 3.47. The summed E-state index contributed by atoms with van der Waals surface area (Å²) >= 11 is 3.52. The lowest BCUT2D eigenvalue weighted by atomic mass is 9.91. The Morgan fingerprint density at radius 3 is 2.60 bits per heavy atom. The van der Waals surface area contributed by atoms with Crippen LogP contribution in [-0.4, -0.2) is 19.6 Å². The molecule has 7 heteroatoms. The largest absolute Gasteiger partial charge is 0.461 e. The van der Waals surface area contributed by atoms with Crippen LogP contribution in [-0.2, 0) is 6.42 Å². The van der Waals surface area contributed by atoms with E-state index < -0.39 is 12.5 Å². The third-order valence-corrected chi connectivity index (χ3v) is 5.13. The Kier molecular flexibility index (Phi) is 4.95. The lowest BCUT2D eigenvalue weighted by molar-refractivity contribution is -0.253. The van der Waals surface area contributed by atoms with Gasteiger partial charge in [-0.3, -0.25) is 0 Å². The van der Waals surface area contributed by atoms with Crippen molar-refractivity contribution in [1.82, 2.24) is 0 Å². The number of fused-ring (bicyclic) bond motifs is 1. The van der Waals surface area contributed by atoms with E-state index in [1.165, 1.54) is 12.1 Å². The Morgan fingerprint density at radius 2 is 1.88 bits per heavy atom. The van der Waals surface area contributed by atoms with Crippen LogP contribution in [0.3, 0.4) is 0 Å². The quantitative estimate of drug-likeness (QED) is 0.582. The van der Waals surface area contributed by atoms with Crippen molar-refractivity contribution >= 4 is 21.6 Å². The summed E-state index contributed by atoms with van der Waals surface area (Å²) in [5.41, 5.74) is 2.58. The molecule has 0 radical (unpaired) electrons. The molecular weight excluding hydrogens is 402 g/mol. The summed E-state index contributed by atoms with van der Waals surface area (Å²) in [6.45, 7) is 0. The molecule has 0 saturated carbocycles. The molecule has 1 aliphatic rings. The first-order chi connectivity index (χ1) is 11.8. The molecule has 1 heterocycles. The van der Waals surface area contributed by atoms with Crippen molar-refractivity contribution in [1.29, 1.82) is 0 Å². The molecule has 1 unspecified atom stereocenters. The molecule has 0 amide bonds. The lowest BCUT2D eigenvalue weighted by Crippen LogP contribution is -2.35. The van der Waals surface area contributed by atoms with E-state index in [4.69, 9.17) is 0 Å². The molecule has 3 rings (SSSR count). The predicted molar refractivity (Wildman–Crippen MR) is 91.6 cm³/mol. The monoisotopic (exact) mass is 417 g/mol. The maximum Gasteiger partial charge on any atom is 0.461 e. The molecular formula is C18H16BrF4NO. The van der Waals surface area contributed by atoms with Gasteiger partial charge in [0.25, 0.3) is 0 Å². The zero-order valence-electron chi connectivity index (χ0n) is 13.4.